The Hall–Kier alpha value is -3.78. The van der Waals surface area contributed by atoms with Crippen LogP contribution in [0.2, 0.25) is 0 Å². The second-order valence-corrected chi connectivity index (χ2v) is 10.8. The molecule has 2 amide bonds. The van der Waals surface area contributed by atoms with Crippen LogP contribution in [-0.2, 0) is 14.3 Å². The lowest BCUT2D eigenvalue weighted by Gasteiger charge is -2.30. The number of carbonyl (C=O) groups is 2. The number of benzene rings is 2. The monoisotopic (exact) mass is 516 g/mol. The maximum Gasteiger partial charge on any atom is 0.271 e. The van der Waals surface area contributed by atoms with Gasteiger partial charge in [0.2, 0.25) is 11.8 Å². The molecule has 0 bridgehead atoms. The van der Waals surface area contributed by atoms with E-state index in [2.05, 4.69) is 13.0 Å². The van der Waals surface area contributed by atoms with Gasteiger partial charge in [0.25, 0.3) is 5.69 Å². The first kappa shape index (κ1) is 25.9. The molecule has 2 aliphatic heterocycles. The van der Waals surface area contributed by atoms with Gasteiger partial charge in [0, 0.05) is 18.1 Å². The van der Waals surface area contributed by atoms with Gasteiger partial charge in [0.05, 0.1) is 35.2 Å². The van der Waals surface area contributed by atoms with Crippen molar-refractivity contribution in [3.63, 3.8) is 0 Å². The Labute approximate surface area is 221 Å². The number of nitrogens with zero attached hydrogens (tertiary/aromatic N) is 2. The summed E-state index contributed by atoms with van der Waals surface area (Å²) in [5, 5.41) is 21.3. The smallest absolute Gasteiger partial charge is 0.271 e. The molecule has 8 heteroatoms. The number of carbonyl (C=O) groups excluding carboxylic acids is 2. The van der Waals surface area contributed by atoms with Crippen molar-refractivity contribution in [1.29, 1.82) is 0 Å². The van der Waals surface area contributed by atoms with Gasteiger partial charge in [0.15, 0.2) is 0 Å². The van der Waals surface area contributed by atoms with Crippen LogP contribution < -0.4 is 4.90 Å². The molecule has 1 aliphatic carbocycles. The highest BCUT2D eigenvalue weighted by Gasteiger charge is 2.56. The predicted octanol–water partition coefficient (Wildman–Crippen LogP) is 5.64. The normalized spacial score (nSPS) is 25.2. The first-order valence-electron chi connectivity index (χ1n) is 13.0. The Morgan fingerprint density at radius 2 is 1.84 bits per heavy atom. The highest BCUT2D eigenvalue weighted by atomic mass is 16.6. The van der Waals surface area contributed by atoms with Crippen molar-refractivity contribution in [1.82, 2.24) is 0 Å². The zero-order valence-electron chi connectivity index (χ0n) is 22.1. The van der Waals surface area contributed by atoms with Crippen molar-refractivity contribution >= 4 is 29.3 Å². The summed E-state index contributed by atoms with van der Waals surface area (Å²) in [5.74, 6) is -1.40. The topological polar surface area (TPSA) is 110 Å². The van der Waals surface area contributed by atoms with Gasteiger partial charge < -0.3 is 9.84 Å². The Balaban J connectivity index is 1.33. The van der Waals surface area contributed by atoms with E-state index in [0.717, 1.165) is 45.6 Å². The maximum absolute atomic E-state index is 13.6. The molecule has 2 fully saturated rings. The summed E-state index contributed by atoms with van der Waals surface area (Å²) < 4.78 is 6.22. The van der Waals surface area contributed by atoms with E-state index in [0.29, 0.717) is 18.8 Å². The summed E-state index contributed by atoms with van der Waals surface area (Å²) in [6.45, 7) is 8.28. The van der Waals surface area contributed by atoms with Gasteiger partial charge >= 0.3 is 0 Å². The molecule has 0 unspecified atom stereocenters. The summed E-state index contributed by atoms with van der Waals surface area (Å²) in [5.41, 5.74) is 6.27. The number of imide groups is 1. The second-order valence-electron chi connectivity index (χ2n) is 10.8. The molecule has 8 nitrogen and oxygen atoms in total. The number of aryl methyl sites for hydroxylation is 2. The molecular formula is C30H32N2O6. The van der Waals surface area contributed by atoms with Crippen LogP contribution in [-0.4, -0.2) is 34.6 Å². The van der Waals surface area contributed by atoms with Crippen molar-refractivity contribution in [2.75, 3.05) is 11.5 Å². The number of ether oxygens (including phenoxy) is 1. The first-order valence-corrected chi connectivity index (χ1v) is 13.0. The van der Waals surface area contributed by atoms with Crippen molar-refractivity contribution in [3.05, 3.63) is 79.9 Å². The zero-order chi connectivity index (χ0) is 27.3. The van der Waals surface area contributed by atoms with E-state index < -0.39 is 16.8 Å². The van der Waals surface area contributed by atoms with Gasteiger partial charge in [-0.1, -0.05) is 23.3 Å². The number of rotatable bonds is 6. The number of anilines is 1. The van der Waals surface area contributed by atoms with Crippen LogP contribution >= 0.6 is 0 Å². The van der Waals surface area contributed by atoms with E-state index in [1.54, 1.807) is 6.07 Å². The standard InChI is InChI=1S/C30H32N2O6/c1-16(10-20-11-18(3)28(33)19(4)12-20)8-9-25-26-17(2)13-23-27(24(26)15-38-25)30(35)31(29(23)34)21-6-5-7-22(14-21)32(36)37/h5-7,10-12,14,23-25,27,33H,8-9,13,15H2,1-4H3/b16-10+/t23-,24+,25-,27-/m1/s1. The molecule has 2 aromatic carbocycles. The summed E-state index contributed by atoms with van der Waals surface area (Å²) in [6.07, 6.45) is 4.10. The Morgan fingerprint density at radius 1 is 1.13 bits per heavy atom. The number of hydrogen-bond acceptors (Lipinski definition) is 6. The van der Waals surface area contributed by atoms with Gasteiger partial charge in [-0.15, -0.1) is 0 Å². The Morgan fingerprint density at radius 3 is 2.53 bits per heavy atom. The van der Waals surface area contributed by atoms with E-state index in [1.807, 2.05) is 32.9 Å². The Kier molecular flexibility index (Phi) is 6.69. The largest absolute Gasteiger partial charge is 0.507 e. The number of phenols is 1. The van der Waals surface area contributed by atoms with E-state index >= 15 is 0 Å². The number of non-ortho nitro benzene ring substituents is 1. The molecule has 2 aromatic rings. The van der Waals surface area contributed by atoms with Gasteiger partial charge in [-0.2, -0.15) is 0 Å². The van der Waals surface area contributed by atoms with Crippen LogP contribution in [0.4, 0.5) is 11.4 Å². The third kappa shape index (κ3) is 4.43. The van der Waals surface area contributed by atoms with Crippen LogP contribution in [0.25, 0.3) is 6.08 Å². The minimum Gasteiger partial charge on any atom is -0.507 e. The lowest BCUT2D eigenvalue weighted by molar-refractivity contribution is -0.384. The molecule has 1 N–H and O–H groups in total. The van der Waals surface area contributed by atoms with Gasteiger partial charge in [0.1, 0.15) is 5.75 Å². The fourth-order valence-corrected chi connectivity index (χ4v) is 6.42. The molecule has 5 rings (SSSR count). The van der Waals surface area contributed by atoms with Crippen LogP contribution in [0.3, 0.4) is 0 Å². The van der Waals surface area contributed by atoms with Crippen molar-refractivity contribution in [2.24, 2.45) is 17.8 Å². The van der Waals surface area contributed by atoms with Gasteiger partial charge in [-0.25, -0.2) is 4.90 Å². The summed E-state index contributed by atoms with van der Waals surface area (Å²) in [4.78, 5) is 38.8. The summed E-state index contributed by atoms with van der Waals surface area (Å²) in [6, 6.07) is 9.64. The maximum atomic E-state index is 13.6. The SMILES string of the molecule is CC1=C2[C@@H](CC/C(C)=C/c3cc(C)c(O)c(C)c3)OC[C@@H]2[C@@H]2C(=O)N(c3cccc([N+](=O)[O-])c3)C(=O)[C@@H]2C1. The van der Waals surface area contributed by atoms with E-state index in [4.69, 9.17) is 4.74 Å². The fraction of sp³-hybridized carbons (Fsp3) is 0.400. The molecule has 0 radical (unpaired) electrons. The molecule has 4 atom stereocenters. The van der Waals surface area contributed by atoms with E-state index in [9.17, 15) is 24.8 Å². The number of allylic oxidation sites excluding steroid dienone is 2. The Bertz CT molecular complexity index is 1380. The van der Waals surface area contributed by atoms with Crippen molar-refractivity contribution in [3.8, 4) is 5.75 Å². The first-order chi connectivity index (χ1) is 18.1. The molecule has 3 aliphatic rings. The van der Waals surface area contributed by atoms with Gasteiger partial charge in [-0.3, -0.25) is 19.7 Å². The molecular weight excluding hydrogens is 484 g/mol. The lowest BCUT2D eigenvalue weighted by atomic mass is 9.70. The number of nitro benzene ring substituents is 1. The van der Waals surface area contributed by atoms with Crippen LogP contribution in [0.15, 0.2) is 53.1 Å². The highest BCUT2D eigenvalue weighted by Crippen LogP contribution is 2.50. The highest BCUT2D eigenvalue weighted by molar-refractivity contribution is 6.22. The van der Waals surface area contributed by atoms with E-state index in [-0.39, 0.29) is 35.2 Å². The number of fused-ring (bicyclic) bond motifs is 3. The molecule has 2 heterocycles. The van der Waals surface area contributed by atoms with Crippen molar-refractivity contribution in [2.45, 2.75) is 53.1 Å². The molecule has 38 heavy (non-hydrogen) atoms. The summed E-state index contributed by atoms with van der Waals surface area (Å²) >= 11 is 0. The van der Waals surface area contributed by atoms with Crippen LogP contribution in [0.1, 0.15) is 49.8 Å². The fourth-order valence-electron chi connectivity index (χ4n) is 6.42. The number of aromatic hydroxyl groups is 1. The average molecular weight is 517 g/mol. The van der Waals surface area contributed by atoms with Crippen LogP contribution in [0.5, 0.6) is 5.75 Å². The third-order valence-corrected chi connectivity index (χ3v) is 8.18. The minimum absolute atomic E-state index is 0.109. The van der Waals surface area contributed by atoms with Gasteiger partial charge in [-0.05, 0) is 87.4 Å². The second kappa shape index (κ2) is 9.83. The number of amides is 2. The van der Waals surface area contributed by atoms with Crippen LogP contribution in [0, 0.1) is 41.7 Å². The average Bonchev–Trinajstić information content (AvgIpc) is 3.40. The number of nitro groups is 1. The third-order valence-electron chi connectivity index (χ3n) is 8.18. The molecule has 2 saturated heterocycles. The van der Waals surface area contributed by atoms with E-state index in [1.165, 1.54) is 23.8 Å². The number of phenolic OH excluding ortho intramolecular Hbond substituents is 1. The predicted molar refractivity (Wildman–Crippen MR) is 144 cm³/mol. The quantitative estimate of drug-likeness (QED) is 0.230. The molecule has 198 valence electrons. The minimum atomic E-state index is -0.527. The van der Waals surface area contributed by atoms with Crippen molar-refractivity contribution < 1.29 is 24.4 Å². The number of hydrogen-bond donors (Lipinski definition) is 1. The molecule has 0 saturated carbocycles. The molecule has 0 aromatic heterocycles. The lowest BCUT2D eigenvalue weighted by Crippen LogP contribution is -2.34. The summed E-state index contributed by atoms with van der Waals surface area (Å²) in [7, 11) is 0. The molecule has 0 spiro atoms. The zero-order valence-corrected chi connectivity index (χ0v) is 22.1.